The third-order valence-corrected chi connectivity index (χ3v) is 3.73. The summed E-state index contributed by atoms with van der Waals surface area (Å²) in [5, 5.41) is 0.559. The molecule has 3 heteroatoms. The third-order valence-electron chi connectivity index (χ3n) is 1.24. The topological polar surface area (TPSA) is 17.1 Å². The first-order valence-corrected chi connectivity index (χ1v) is 6.62. The van der Waals surface area contributed by atoms with Crippen molar-refractivity contribution in [3.05, 3.63) is 0 Å². The molecule has 0 aliphatic carbocycles. The molecule has 0 heterocycles. The highest BCUT2D eigenvalue weighted by atomic mass is 32.2. The van der Waals surface area contributed by atoms with Crippen molar-refractivity contribution in [3.63, 3.8) is 0 Å². The maximum atomic E-state index is 11.4. The summed E-state index contributed by atoms with van der Waals surface area (Å²) in [5.41, 5.74) is 0. The first-order valence-electron chi connectivity index (χ1n) is 4.58. The van der Waals surface area contributed by atoms with Crippen molar-refractivity contribution >= 4 is 29.3 Å². The summed E-state index contributed by atoms with van der Waals surface area (Å²) in [6.45, 7) is 10.7. The van der Waals surface area contributed by atoms with E-state index in [0.29, 0.717) is 22.5 Å². The molecular weight excluding hydrogens is 200 g/mol. The van der Waals surface area contributed by atoms with Crippen LogP contribution in [0.4, 0.5) is 0 Å². The summed E-state index contributed by atoms with van der Waals surface area (Å²) in [6, 6.07) is 0. The minimum absolute atomic E-state index is 0.207. The van der Waals surface area contributed by atoms with Crippen LogP contribution in [0.5, 0.6) is 0 Å². The van der Waals surface area contributed by atoms with Gasteiger partial charge in [-0.1, -0.05) is 34.6 Å². The monoisotopic (exact) mass is 220 g/mol. The smallest absolute Gasteiger partial charge is 0.152 e. The van der Waals surface area contributed by atoms with Gasteiger partial charge >= 0.3 is 0 Å². The Kier molecular flexibility index (Phi) is 6.14. The van der Waals surface area contributed by atoms with E-state index in [1.54, 1.807) is 23.5 Å². The molecule has 0 spiro atoms. The van der Waals surface area contributed by atoms with Crippen LogP contribution < -0.4 is 0 Å². The van der Waals surface area contributed by atoms with Gasteiger partial charge in [-0.3, -0.25) is 4.79 Å². The minimum atomic E-state index is 0.207. The Hall–Kier alpha value is 0.370. The van der Waals surface area contributed by atoms with Crippen LogP contribution in [0.2, 0.25) is 0 Å². The summed E-state index contributed by atoms with van der Waals surface area (Å²) < 4.78 is 0.207. The first-order chi connectivity index (χ1) is 5.81. The zero-order valence-corrected chi connectivity index (χ0v) is 10.8. The zero-order chi connectivity index (χ0) is 10.5. The van der Waals surface area contributed by atoms with E-state index in [4.69, 9.17) is 0 Å². The molecule has 0 radical (unpaired) electrons. The number of hydrogen-bond donors (Lipinski definition) is 0. The molecular formula is C10H20OS2. The van der Waals surface area contributed by atoms with Gasteiger partial charge in [0, 0.05) is 4.75 Å². The van der Waals surface area contributed by atoms with Gasteiger partial charge in [0.05, 0.1) is 11.5 Å². The van der Waals surface area contributed by atoms with Gasteiger partial charge in [-0.25, -0.2) is 0 Å². The average Bonchev–Trinajstić information content (AvgIpc) is 1.95. The normalized spacial score (nSPS) is 12.2. The van der Waals surface area contributed by atoms with Crippen molar-refractivity contribution < 1.29 is 4.79 Å². The number of hydrogen-bond acceptors (Lipinski definition) is 3. The molecule has 0 aromatic heterocycles. The van der Waals surface area contributed by atoms with E-state index >= 15 is 0 Å². The first kappa shape index (κ1) is 13.4. The fourth-order valence-corrected chi connectivity index (χ4v) is 2.04. The van der Waals surface area contributed by atoms with Crippen LogP contribution in [0.15, 0.2) is 0 Å². The maximum absolute atomic E-state index is 11.4. The SMILES string of the molecule is CC(C)SCC(=O)CSC(C)(C)C. The molecule has 0 atom stereocenters. The van der Waals surface area contributed by atoms with Crippen LogP contribution >= 0.6 is 23.5 Å². The van der Waals surface area contributed by atoms with Crippen molar-refractivity contribution in [2.24, 2.45) is 0 Å². The van der Waals surface area contributed by atoms with E-state index in [1.807, 2.05) is 0 Å². The van der Waals surface area contributed by atoms with Crippen LogP contribution in [0.25, 0.3) is 0 Å². The molecule has 1 nitrogen and oxygen atoms in total. The molecule has 78 valence electrons. The summed E-state index contributed by atoms with van der Waals surface area (Å²) in [4.78, 5) is 11.4. The Morgan fingerprint density at radius 3 is 2.15 bits per heavy atom. The van der Waals surface area contributed by atoms with Crippen molar-refractivity contribution in [1.29, 1.82) is 0 Å². The second-order valence-electron chi connectivity index (χ2n) is 4.30. The van der Waals surface area contributed by atoms with Gasteiger partial charge in [0.25, 0.3) is 0 Å². The van der Waals surface area contributed by atoms with Gasteiger partial charge in [-0.15, -0.1) is 11.8 Å². The van der Waals surface area contributed by atoms with E-state index in [-0.39, 0.29) is 4.75 Å². The van der Waals surface area contributed by atoms with E-state index in [1.165, 1.54) is 0 Å². The van der Waals surface area contributed by atoms with E-state index in [9.17, 15) is 4.79 Å². The Bertz CT molecular complexity index is 159. The second-order valence-corrected chi connectivity index (χ2v) is 7.67. The van der Waals surface area contributed by atoms with E-state index < -0.39 is 0 Å². The largest absolute Gasteiger partial charge is 0.298 e. The molecule has 0 bridgehead atoms. The fraction of sp³-hybridized carbons (Fsp3) is 0.900. The van der Waals surface area contributed by atoms with E-state index in [0.717, 1.165) is 0 Å². The number of Topliss-reactive ketones (excluding diaryl/α,β-unsaturated/α-hetero) is 1. The molecule has 0 aromatic carbocycles. The lowest BCUT2D eigenvalue weighted by atomic mass is 10.3. The van der Waals surface area contributed by atoms with Crippen LogP contribution in [0, 0.1) is 0 Å². The maximum Gasteiger partial charge on any atom is 0.152 e. The molecule has 0 aromatic rings. The predicted octanol–water partition coefficient (Wildman–Crippen LogP) is 3.23. The minimum Gasteiger partial charge on any atom is -0.298 e. The van der Waals surface area contributed by atoms with Gasteiger partial charge in [0.2, 0.25) is 0 Å². The van der Waals surface area contributed by atoms with Gasteiger partial charge in [-0.05, 0) is 5.25 Å². The van der Waals surface area contributed by atoms with Crippen molar-refractivity contribution in [2.45, 2.75) is 44.6 Å². The summed E-state index contributed by atoms with van der Waals surface area (Å²) in [7, 11) is 0. The van der Waals surface area contributed by atoms with Gasteiger partial charge in [0.1, 0.15) is 0 Å². The van der Waals surface area contributed by atoms with Crippen LogP contribution in [-0.2, 0) is 4.79 Å². The Morgan fingerprint density at radius 2 is 1.77 bits per heavy atom. The quantitative estimate of drug-likeness (QED) is 0.708. The molecule has 0 fully saturated rings. The molecule has 13 heavy (non-hydrogen) atoms. The van der Waals surface area contributed by atoms with Crippen molar-refractivity contribution in [1.82, 2.24) is 0 Å². The van der Waals surface area contributed by atoms with Gasteiger partial charge < -0.3 is 0 Å². The summed E-state index contributed by atoms with van der Waals surface area (Å²) in [5.74, 6) is 1.68. The van der Waals surface area contributed by atoms with Crippen molar-refractivity contribution in [3.8, 4) is 0 Å². The lowest BCUT2D eigenvalue weighted by Gasteiger charge is -2.16. The summed E-state index contributed by atoms with van der Waals surface area (Å²) >= 11 is 3.46. The van der Waals surface area contributed by atoms with Crippen molar-refractivity contribution in [2.75, 3.05) is 11.5 Å². The standard InChI is InChI=1S/C10H20OS2/c1-8(2)12-6-9(11)7-13-10(3,4)5/h8H,6-7H2,1-5H3. The number of carbonyl (C=O) groups is 1. The van der Waals surface area contributed by atoms with Crippen LogP contribution in [0.3, 0.4) is 0 Å². The molecule has 0 amide bonds. The Morgan fingerprint density at radius 1 is 1.23 bits per heavy atom. The Balaban J connectivity index is 3.53. The van der Waals surface area contributed by atoms with E-state index in [2.05, 4.69) is 34.6 Å². The number of ketones is 1. The highest BCUT2D eigenvalue weighted by Gasteiger charge is 2.13. The Labute approximate surface area is 90.4 Å². The van der Waals surface area contributed by atoms with Crippen LogP contribution in [0.1, 0.15) is 34.6 Å². The average molecular weight is 220 g/mol. The highest BCUT2D eigenvalue weighted by Crippen LogP contribution is 2.23. The summed E-state index contributed by atoms with van der Waals surface area (Å²) in [6.07, 6.45) is 0. The molecule has 0 N–H and O–H groups in total. The third kappa shape index (κ3) is 10.3. The second kappa shape index (κ2) is 5.97. The number of rotatable bonds is 5. The van der Waals surface area contributed by atoms with Gasteiger partial charge in [0.15, 0.2) is 5.78 Å². The molecule has 0 unspecified atom stereocenters. The fourth-order valence-electron chi connectivity index (χ4n) is 0.598. The molecule has 0 saturated heterocycles. The van der Waals surface area contributed by atoms with Crippen LogP contribution in [-0.4, -0.2) is 27.3 Å². The number of carbonyl (C=O) groups excluding carboxylic acids is 1. The number of thioether (sulfide) groups is 2. The molecule has 0 aliphatic heterocycles. The predicted molar refractivity (Wildman–Crippen MR) is 64.8 cm³/mol. The lowest BCUT2D eigenvalue weighted by molar-refractivity contribution is -0.114. The lowest BCUT2D eigenvalue weighted by Crippen LogP contribution is -2.14. The highest BCUT2D eigenvalue weighted by molar-refractivity contribution is 8.02. The molecule has 0 rings (SSSR count). The van der Waals surface area contributed by atoms with Gasteiger partial charge in [-0.2, -0.15) is 11.8 Å². The molecule has 0 saturated carbocycles. The molecule has 0 aliphatic rings. The zero-order valence-electron chi connectivity index (χ0n) is 9.22.